The topological polar surface area (TPSA) is 9.23 Å². The van der Waals surface area contributed by atoms with Gasteiger partial charge in [0.25, 0.3) is 0 Å². The van der Waals surface area contributed by atoms with Crippen LogP contribution in [0.1, 0.15) is 13.8 Å². The van der Waals surface area contributed by atoms with E-state index in [1.807, 2.05) is 44.2 Å². The van der Waals surface area contributed by atoms with Gasteiger partial charge in [0, 0.05) is 0 Å². The van der Waals surface area contributed by atoms with Crippen molar-refractivity contribution < 1.29 is 4.74 Å². The van der Waals surface area contributed by atoms with Gasteiger partial charge in [-0.2, -0.15) is 9.90 Å². The molecule has 1 rings (SSSR count). The molecule has 0 aliphatic rings. The minimum atomic E-state index is 0. The molecule has 0 heterocycles. The Balaban J connectivity index is 0.000001000. The van der Waals surface area contributed by atoms with Crippen LogP contribution in [0.5, 0.6) is 5.75 Å². The van der Waals surface area contributed by atoms with E-state index < -0.39 is 0 Å². The molecule has 0 bridgehead atoms. The quantitative estimate of drug-likeness (QED) is 0.620. The zero-order chi connectivity index (χ0) is 7.40. The van der Waals surface area contributed by atoms with Gasteiger partial charge in [0.1, 0.15) is 5.75 Å². The maximum absolute atomic E-state index is 5.41. The Morgan fingerprint density at radius 3 is 2.09 bits per heavy atom. The summed E-state index contributed by atoms with van der Waals surface area (Å²) in [6.07, 6.45) is 0.266. The molecule has 1 aromatic rings. The minimum absolute atomic E-state index is 0. The third kappa shape index (κ3) is 4.00. The average Bonchev–Trinajstić information content (AvgIpc) is 1.88. The number of para-hydroxylation sites is 1. The lowest BCUT2D eigenvalue weighted by atomic mass is 10.3. The Kier molecular flexibility index (Phi) is 4.89. The first-order valence-electron chi connectivity index (χ1n) is 3.51. The molecule has 0 aromatic heterocycles. The van der Waals surface area contributed by atoms with Crippen molar-refractivity contribution in [2.45, 2.75) is 20.0 Å². The van der Waals surface area contributed by atoms with Crippen LogP contribution in [0.25, 0.3) is 0 Å². The third-order valence-electron chi connectivity index (χ3n) is 1.11. The molecule has 62 valence electrons. The minimum Gasteiger partial charge on any atom is -0.491 e. The van der Waals surface area contributed by atoms with Crippen molar-refractivity contribution >= 4 is 9.90 Å². The zero-order valence-electron chi connectivity index (χ0n) is 7.08. The van der Waals surface area contributed by atoms with Crippen LogP contribution in [-0.2, 0) is 0 Å². The van der Waals surface area contributed by atoms with Gasteiger partial charge < -0.3 is 4.74 Å². The van der Waals surface area contributed by atoms with Gasteiger partial charge in [-0.3, -0.25) is 0 Å². The van der Waals surface area contributed by atoms with Crippen LogP contribution >= 0.6 is 9.90 Å². The Hall–Kier alpha value is -0.550. The smallest absolute Gasteiger partial charge is 0.119 e. The van der Waals surface area contributed by atoms with Gasteiger partial charge in [-0.15, -0.1) is 0 Å². The standard InChI is InChI=1S/C9H12O.H3P/c1-8(2)10-9-6-4-3-5-7-9;/h3-8H,1-2H3;1H3. The molecule has 1 atom stereocenters. The van der Waals surface area contributed by atoms with Gasteiger partial charge in [-0.1, -0.05) is 18.2 Å². The Labute approximate surface area is 71.4 Å². The number of rotatable bonds is 2. The first kappa shape index (κ1) is 10.4. The van der Waals surface area contributed by atoms with Crippen molar-refractivity contribution in [2.75, 3.05) is 0 Å². The Bertz CT molecular complexity index is 184. The van der Waals surface area contributed by atoms with Crippen molar-refractivity contribution in [3.05, 3.63) is 30.3 Å². The van der Waals surface area contributed by atoms with Crippen LogP contribution in [0.15, 0.2) is 30.3 Å². The van der Waals surface area contributed by atoms with Crippen molar-refractivity contribution in [2.24, 2.45) is 0 Å². The highest BCUT2D eigenvalue weighted by atomic mass is 31.0. The van der Waals surface area contributed by atoms with E-state index >= 15 is 0 Å². The van der Waals surface area contributed by atoms with E-state index in [0.717, 1.165) is 5.75 Å². The molecule has 2 heteroatoms. The predicted molar refractivity (Wildman–Crippen MR) is 53.3 cm³/mol. The van der Waals surface area contributed by atoms with Gasteiger partial charge in [0.05, 0.1) is 6.10 Å². The molecule has 0 radical (unpaired) electrons. The maximum Gasteiger partial charge on any atom is 0.119 e. The molecule has 1 unspecified atom stereocenters. The summed E-state index contributed by atoms with van der Waals surface area (Å²) in [6.45, 7) is 4.04. The summed E-state index contributed by atoms with van der Waals surface area (Å²) in [5.41, 5.74) is 0. The number of hydrogen-bond donors (Lipinski definition) is 0. The van der Waals surface area contributed by atoms with E-state index in [0.29, 0.717) is 0 Å². The van der Waals surface area contributed by atoms with Crippen LogP contribution in [0.2, 0.25) is 0 Å². The summed E-state index contributed by atoms with van der Waals surface area (Å²) in [5, 5.41) is 0. The summed E-state index contributed by atoms with van der Waals surface area (Å²) in [7, 11) is 0. The van der Waals surface area contributed by atoms with E-state index in [4.69, 9.17) is 4.74 Å². The highest BCUT2D eigenvalue weighted by Gasteiger charge is 1.92. The van der Waals surface area contributed by atoms with E-state index in [1.54, 1.807) is 0 Å². The fourth-order valence-corrected chi connectivity index (χ4v) is 0.771. The van der Waals surface area contributed by atoms with Crippen LogP contribution in [0.3, 0.4) is 0 Å². The lowest BCUT2D eigenvalue weighted by Crippen LogP contribution is -2.04. The fraction of sp³-hybridized carbons (Fsp3) is 0.333. The second-order valence-corrected chi connectivity index (χ2v) is 2.48. The van der Waals surface area contributed by atoms with Crippen LogP contribution in [0.4, 0.5) is 0 Å². The summed E-state index contributed by atoms with van der Waals surface area (Å²) in [5.74, 6) is 0.942. The van der Waals surface area contributed by atoms with E-state index in [2.05, 4.69) is 0 Å². The lowest BCUT2D eigenvalue weighted by molar-refractivity contribution is 0.242. The van der Waals surface area contributed by atoms with Crippen molar-refractivity contribution in [3.8, 4) is 5.75 Å². The van der Waals surface area contributed by atoms with Crippen molar-refractivity contribution in [1.29, 1.82) is 0 Å². The molecule has 0 saturated heterocycles. The summed E-state index contributed by atoms with van der Waals surface area (Å²) in [4.78, 5) is 0. The normalized spacial score (nSPS) is 9.00. The van der Waals surface area contributed by atoms with E-state index in [1.165, 1.54) is 0 Å². The highest BCUT2D eigenvalue weighted by Crippen LogP contribution is 2.09. The molecule has 0 fully saturated rings. The van der Waals surface area contributed by atoms with E-state index in [9.17, 15) is 0 Å². The van der Waals surface area contributed by atoms with Crippen molar-refractivity contribution in [3.63, 3.8) is 0 Å². The molecular weight excluding hydrogens is 155 g/mol. The van der Waals surface area contributed by atoms with Gasteiger partial charge in [-0.05, 0) is 26.0 Å². The molecule has 0 aliphatic heterocycles. The SMILES string of the molecule is CC(C)Oc1ccccc1.P. The molecule has 0 N–H and O–H groups in total. The predicted octanol–water partition coefficient (Wildman–Crippen LogP) is 2.53. The average molecular weight is 170 g/mol. The summed E-state index contributed by atoms with van der Waals surface area (Å²) in [6, 6.07) is 9.84. The molecule has 0 amide bonds. The molecule has 0 saturated carbocycles. The molecule has 1 aromatic carbocycles. The second kappa shape index (κ2) is 5.15. The van der Waals surface area contributed by atoms with Crippen LogP contribution in [0, 0.1) is 0 Å². The first-order valence-corrected chi connectivity index (χ1v) is 3.51. The molecular formula is C9H15OP. The number of benzene rings is 1. The Morgan fingerprint density at radius 2 is 1.64 bits per heavy atom. The summed E-state index contributed by atoms with van der Waals surface area (Å²) < 4.78 is 5.41. The van der Waals surface area contributed by atoms with Crippen LogP contribution in [-0.4, -0.2) is 6.10 Å². The Morgan fingerprint density at radius 1 is 1.09 bits per heavy atom. The molecule has 11 heavy (non-hydrogen) atoms. The second-order valence-electron chi connectivity index (χ2n) is 2.48. The van der Waals surface area contributed by atoms with Gasteiger partial charge in [0.2, 0.25) is 0 Å². The molecule has 1 nitrogen and oxygen atoms in total. The monoisotopic (exact) mass is 170 g/mol. The molecule has 0 spiro atoms. The van der Waals surface area contributed by atoms with Gasteiger partial charge in [-0.25, -0.2) is 0 Å². The lowest BCUT2D eigenvalue weighted by Gasteiger charge is -2.07. The maximum atomic E-state index is 5.41. The van der Waals surface area contributed by atoms with E-state index in [-0.39, 0.29) is 16.0 Å². The zero-order valence-corrected chi connectivity index (χ0v) is 8.49. The van der Waals surface area contributed by atoms with Gasteiger partial charge >= 0.3 is 0 Å². The van der Waals surface area contributed by atoms with Gasteiger partial charge in [0.15, 0.2) is 0 Å². The highest BCUT2D eigenvalue weighted by molar-refractivity contribution is 6.92. The van der Waals surface area contributed by atoms with Crippen molar-refractivity contribution in [1.82, 2.24) is 0 Å². The largest absolute Gasteiger partial charge is 0.491 e. The number of hydrogen-bond acceptors (Lipinski definition) is 1. The summed E-state index contributed by atoms with van der Waals surface area (Å²) >= 11 is 0. The molecule has 0 aliphatic carbocycles. The van der Waals surface area contributed by atoms with Crippen LogP contribution < -0.4 is 4.74 Å². The number of ether oxygens (including phenoxy) is 1. The fourth-order valence-electron chi connectivity index (χ4n) is 0.771. The first-order chi connectivity index (χ1) is 4.79. The third-order valence-corrected chi connectivity index (χ3v) is 1.11.